The fourth-order valence-electron chi connectivity index (χ4n) is 3.47. The lowest BCUT2D eigenvalue weighted by molar-refractivity contribution is -0.153. The second kappa shape index (κ2) is 8.65. The maximum Gasteiger partial charge on any atom is 0.306 e. The highest BCUT2D eigenvalue weighted by Crippen LogP contribution is 2.32. The van der Waals surface area contributed by atoms with Gasteiger partial charge in [0.25, 0.3) is 5.91 Å². The van der Waals surface area contributed by atoms with E-state index < -0.39 is 18.0 Å². The van der Waals surface area contributed by atoms with Gasteiger partial charge in [-0.1, -0.05) is 36.4 Å². The Labute approximate surface area is 182 Å². The molecule has 0 aliphatic heterocycles. The van der Waals surface area contributed by atoms with Gasteiger partial charge < -0.3 is 10.1 Å². The van der Waals surface area contributed by atoms with Gasteiger partial charge in [0.1, 0.15) is 0 Å². The lowest BCUT2D eigenvalue weighted by Gasteiger charge is -2.21. The Balaban J connectivity index is 1.47. The fraction of sp³-hybridized carbons (Fsp3) is 0.167. The first kappa shape index (κ1) is 20.7. The molecule has 1 aromatic heterocycles. The van der Waals surface area contributed by atoms with E-state index in [1.165, 1.54) is 6.92 Å². The van der Waals surface area contributed by atoms with Crippen LogP contribution in [0.2, 0.25) is 0 Å². The van der Waals surface area contributed by atoms with Crippen molar-refractivity contribution in [2.75, 3.05) is 5.32 Å². The summed E-state index contributed by atoms with van der Waals surface area (Å²) in [6.07, 6.45) is -0.343. The van der Waals surface area contributed by atoms with Gasteiger partial charge in [-0.2, -0.15) is 11.3 Å². The number of ketones is 2. The molecule has 1 amide bonds. The number of amides is 1. The molecule has 0 fully saturated rings. The number of rotatable bonds is 6. The molecule has 4 rings (SSSR count). The van der Waals surface area contributed by atoms with Gasteiger partial charge in [-0.15, -0.1) is 0 Å². The maximum absolute atomic E-state index is 13.0. The van der Waals surface area contributed by atoms with Crippen molar-refractivity contribution in [1.29, 1.82) is 0 Å². The zero-order chi connectivity index (χ0) is 22.0. The third-order valence-corrected chi connectivity index (χ3v) is 5.82. The quantitative estimate of drug-likeness (QED) is 0.464. The molecule has 1 aliphatic rings. The van der Waals surface area contributed by atoms with Gasteiger partial charge in [-0.05, 0) is 41.8 Å². The molecule has 7 heteroatoms. The minimum absolute atomic E-state index is 0.149. The Bertz CT molecular complexity index is 1180. The summed E-state index contributed by atoms with van der Waals surface area (Å²) < 4.78 is 5.23. The van der Waals surface area contributed by atoms with Crippen LogP contribution in [0.3, 0.4) is 0 Å². The van der Waals surface area contributed by atoms with Gasteiger partial charge in [0.2, 0.25) is 0 Å². The van der Waals surface area contributed by atoms with Crippen molar-refractivity contribution in [1.82, 2.24) is 0 Å². The van der Waals surface area contributed by atoms with Crippen molar-refractivity contribution in [3.63, 3.8) is 0 Å². The minimum atomic E-state index is -1.05. The number of carbonyl (C=O) groups excluding carboxylic acids is 4. The monoisotopic (exact) mass is 433 g/mol. The summed E-state index contributed by atoms with van der Waals surface area (Å²) in [5.41, 5.74) is 2.29. The average molecular weight is 433 g/mol. The number of ether oxygens (including phenoxy) is 1. The number of hydrogen-bond acceptors (Lipinski definition) is 6. The number of hydrogen-bond donors (Lipinski definition) is 1. The molecule has 1 atom stereocenters. The van der Waals surface area contributed by atoms with Crippen molar-refractivity contribution < 1.29 is 23.9 Å². The van der Waals surface area contributed by atoms with E-state index in [4.69, 9.17) is 4.74 Å². The summed E-state index contributed by atoms with van der Waals surface area (Å²) in [4.78, 5) is 50.5. The zero-order valence-corrected chi connectivity index (χ0v) is 17.5. The standard InChI is InChI=1S/C24H19NO5S/c1-14(30-20(26)10-9-15-11-12-31-13-15)24(29)25-19-8-4-7-18-21(19)23(28)17-6-3-2-5-16(17)22(18)27/h2-8,11-14H,9-10H2,1H3,(H,25,29). The van der Waals surface area contributed by atoms with Crippen molar-refractivity contribution in [2.45, 2.75) is 25.9 Å². The van der Waals surface area contributed by atoms with Crippen molar-refractivity contribution in [2.24, 2.45) is 0 Å². The van der Waals surface area contributed by atoms with E-state index in [0.29, 0.717) is 17.5 Å². The van der Waals surface area contributed by atoms with Crippen molar-refractivity contribution in [3.8, 4) is 0 Å². The van der Waals surface area contributed by atoms with Gasteiger partial charge in [-0.25, -0.2) is 0 Å². The second-order valence-electron chi connectivity index (χ2n) is 7.18. The molecule has 0 saturated heterocycles. The average Bonchev–Trinajstić information content (AvgIpc) is 3.29. The van der Waals surface area contributed by atoms with Crippen LogP contribution in [-0.4, -0.2) is 29.5 Å². The van der Waals surface area contributed by atoms with Gasteiger partial charge in [-0.3, -0.25) is 19.2 Å². The lowest BCUT2D eigenvalue weighted by atomic mass is 9.83. The maximum atomic E-state index is 13.0. The number of thiophene rings is 1. The predicted molar refractivity (Wildman–Crippen MR) is 117 cm³/mol. The molecule has 1 aliphatic carbocycles. The van der Waals surface area contributed by atoms with Gasteiger partial charge >= 0.3 is 5.97 Å². The topological polar surface area (TPSA) is 89.5 Å². The minimum Gasteiger partial charge on any atom is -0.453 e. The first-order valence-corrected chi connectivity index (χ1v) is 10.7. The Kier molecular flexibility index (Phi) is 5.77. The van der Waals surface area contributed by atoms with E-state index in [1.807, 2.05) is 16.8 Å². The summed E-state index contributed by atoms with van der Waals surface area (Å²) in [6.45, 7) is 1.47. The van der Waals surface area contributed by atoms with Gasteiger partial charge in [0, 0.05) is 23.1 Å². The van der Waals surface area contributed by atoms with E-state index in [-0.39, 0.29) is 34.8 Å². The van der Waals surface area contributed by atoms with Crippen LogP contribution < -0.4 is 5.32 Å². The molecular formula is C24H19NO5S. The van der Waals surface area contributed by atoms with Crippen LogP contribution >= 0.6 is 11.3 Å². The third-order valence-electron chi connectivity index (χ3n) is 5.09. The van der Waals surface area contributed by atoms with Crippen LogP contribution in [0.15, 0.2) is 59.3 Å². The molecule has 0 bridgehead atoms. The molecular weight excluding hydrogens is 414 g/mol. The fourth-order valence-corrected chi connectivity index (χ4v) is 4.18. The second-order valence-corrected chi connectivity index (χ2v) is 7.96. The number of nitrogens with one attached hydrogen (secondary N) is 1. The largest absolute Gasteiger partial charge is 0.453 e. The van der Waals surface area contributed by atoms with Crippen LogP contribution in [0.1, 0.15) is 50.8 Å². The van der Waals surface area contributed by atoms with Gasteiger partial charge in [0.15, 0.2) is 17.7 Å². The SMILES string of the molecule is CC(OC(=O)CCc1ccsc1)C(=O)Nc1cccc2c1C(=O)c1ccccc1C2=O. The third kappa shape index (κ3) is 4.18. The van der Waals surface area contributed by atoms with Crippen molar-refractivity contribution in [3.05, 3.63) is 87.1 Å². The molecule has 31 heavy (non-hydrogen) atoms. The molecule has 2 aromatic carbocycles. The Morgan fingerprint density at radius 3 is 2.39 bits per heavy atom. The van der Waals surface area contributed by atoms with Crippen LogP contribution in [0.25, 0.3) is 0 Å². The Hall–Kier alpha value is -3.58. The van der Waals surface area contributed by atoms with E-state index in [1.54, 1.807) is 53.8 Å². The molecule has 1 unspecified atom stereocenters. The number of benzene rings is 2. The summed E-state index contributed by atoms with van der Waals surface area (Å²) >= 11 is 1.55. The van der Waals surface area contributed by atoms with Crippen LogP contribution in [0, 0.1) is 0 Å². The summed E-state index contributed by atoms with van der Waals surface area (Å²) in [6, 6.07) is 13.3. The van der Waals surface area contributed by atoms with E-state index in [9.17, 15) is 19.2 Å². The number of anilines is 1. The number of aryl methyl sites for hydroxylation is 1. The van der Waals surface area contributed by atoms with E-state index in [2.05, 4.69) is 5.32 Å². The molecule has 0 saturated carbocycles. The Morgan fingerprint density at radius 1 is 0.968 bits per heavy atom. The number of carbonyl (C=O) groups is 4. The van der Waals surface area contributed by atoms with Gasteiger partial charge in [0.05, 0.1) is 11.3 Å². The summed E-state index contributed by atoms with van der Waals surface area (Å²) in [5.74, 6) is -1.66. The Morgan fingerprint density at radius 2 is 1.68 bits per heavy atom. The first-order chi connectivity index (χ1) is 15.0. The predicted octanol–water partition coefficient (Wildman–Crippen LogP) is 4.03. The molecule has 1 N–H and O–H groups in total. The summed E-state index contributed by atoms with van der Waals surface area (Å²) in [5, 5.41) is 6.53. The molecule has 0 spiro atoms. The molecule has 0 radical (unpaired) electrons. The van der Waals surface area contributed by atoms with E-state index >= 15 is 0 Å². The molecule has 3 aromatic rings. The normalized spacial score (nSPS) is 13.2. The lowest BCUT2D eigenvalue weighted by Crippen LogP contribution is -2.31. The van der Waals surface area contributed by atoms with Crippen LogP contribution in [0.4, 0.5) is 5.69 Å². The molecule has 156 valence electrons. The highest BCUT2D eigenvalue weighted by atomic mass is 32.1. The highest BCUT2D eigenvalue weighted by Gasteiger charge is 2.32. The summed E-state index contributed by atoms with van der Waals surface area (Å²) in [7, 11) is 0. The first-order valence-electron chi connectivity index (χ1n) is 9.78. The van der Waals surface area contributed by atoms with Crippen LogP contribution in [-0.2, 0) is 20.7 Å². The van der Waals surface area contributed by atoms with Crippen LogP contribution in [0.5, 0.6) is 0 Å². The molecule has 6 nitrogen and oxygen atoms in total. The highest BCUT2D eigenvalue weighted by molar-refractivity contribution is 7.07. The molecule has 1 heterocycles. The van der Waals surface area contributed by atoms with Crippen molar-refractivity contribution >= 4 is 40.5 Å². The number of fused-ring (bicyclic) bond motifs is 2. The smallest absolute Gasteiger partial charge is 0.306 e. The van der Waals surface area contributed by atoms with E-state index in [0.717, 1.165) is 5.56 Å². The zero-order valence-electron chi connectivity index (χ0n) is 16.7. The number of esters is 1.